The fraction of sp³-hybridized carbons (Fsp3) is 0.150. The Balaban J connectivity index is 1.68. The molecule has 1 aromatic heterocycles. The fourth-order valence-corrected chi connectivity index (χ4v) is 2.70. The van der Waals surface area contributed by atoms with Gasteiger partial charge in [0.25, 0.3) is 5.91 Å². The van der Waals surface area contributed by atoms with Gasteiger partial charge in [-0.3, -0.25) is 4.79 Å². The van der Waals surface area contributed by atoms with Crippen molar-refractivity contribution in [3.05, 3.63) is 70.5 Å². The molecule has 3 aromatic rings. The first kappa shape index (κ1) is 18.8. The summed E-state index contributed by atoms with van der Waals surface area (Å²) in [5.74, 6) is 2.11. The maximum atomic E-state index is 12.3. The topological polar surface area (TPSA) is 70.2 Å². The Bertz CT molecular complexity index is 940. The van der Waals surface area contributed by atoms with Crippen molar-refractivity contribution < 1.29 is 4.79 Å². The number of aryl methyl sites for hydroxylation is 1. The van der Waals surface area contributed by atoms with Crippen LogP contribution in [0.15, 0.2) is 59.1 Å². The summed E-state index contributed by atoms with van der Waals surface area (Å²) < 4.78 is 0.937. The molecule has 1 heterocycles. The highest BCUT2D eigenvalue weighted by Gasteiger charge is 2.07. The lowest BCUT2D eigenvalue weighted by Gasteiger charge is -2.14. The van der Waals surface area contributed by atoms with Gasteiger partial charge >= 0.3 is 0 Å². The average Bonchev–Trinajstić information content (AvgIpc) is 2.63. The van der Waals surface area contributed by atoms with Gasteiger partial charge in [-0.05, 0) is 55.5 Å². The van der Waals surface area contributed by atoms with Crippen molar-refractivity contribution in [1.29, 1.82) is 0 Å². The number of halogens is 1. The predicted molar refractivity (Wildman–Crippen MR) is 113 cm³/mol. The van der Waals surface area contributed by atoms with Gasteiger partial charge in [0.05, 0.1) is 0 Å². The van der Waals surface area contributed by atoms with E-state index in [-0.39, 0.29) is 5.91 Å². The highest BCUT2D eigenvalue weighted by molar-refractivity contribution is 9.10. The number of hydrogen-bond donors (Lipinski definition) is 2. The molecule has 0 radical (unpaired) electrons. The minimum absolute atomic E-state index is 0.148. The molecule has 0 unspecified atom stereocenters. The molecule has 138 valence electrons. The zero-order chi connectivity index (χ0) is 19.4. The van der Waals surface area contributed by atoms with Crippen LogP contribution in [0.3, 0.4) is 0 Å². The minimum Gasteiger partial charge on any atom is -0.363 e. The molecule has 0 saturated carbocycles. The van der Waals surface area contributed by atoms with Crippen molar-refractivity contribution in [2.75, 3.05) is 29.6 Å². The summed E-state index contributed by atoms with van der Waals surface area (Å²) in [5, 5.41) is 6.15. The van der Waals surface area contributed by atoms with Crippen molar-refractivity contribution in [2.24, 2.45) is 0 Å². The van der Waals surface area contributed by atoms with E-state index in [1.165, 1.54) is 0 Å². The molecule has 1 amide bonds. The Morgan fingerprint density at radius 1 is 0.963 bits per heavy atom. The molecule has 0 aliphatic heterocycles. The number of carbonyl (C=O) groups is 1. The van der Waals surface area contributed by atoms with Crippen molar-refractivity contribution in [1.82, 2.24) is 9.97 Å². The van der Waals surface area contributed by atoms with E-state index in [4.69, 9.17) is 0 Å². The van der Waals surface area contributed by atoms with E-state index < -0.39 is 0 Å². The van der Waals surface area contributed by atoms with Crippen molar-refractivity contribution in [3.63, 3.8) is 0 Å². The van der Waals surface area contributed by atoms with Crippen LogP contribution >= 0.6 is 15.9 Å². The molecule has 0 atom stereocenters. The Hall–Kier alpha value is -2.93. The third-order valence-electron chi connectivity index (χ3n) is 3.80. The van der Waals surface area contributed by atoms with Gasteiger partial charge in [0.1, 0.15) is 17.5 Å². The molecule has 2 N–H and O–H groups in total. The molecule has 6 nitrogen and oxygen atoms in total. The number of carbonyl (C=O) groups excluding carboxylic acids is 1. The quantitative estimate of drug-likeness (QED) is 0.624. The summed E-state index contributed by atoms with van der Waals surface area (Å²) in [7, 11) is 3.88. The van der Waals surface area contributed by atoms with E-state index in [1.54, 1.807) is 12.1 Å². The summed E-state index contributed by atoms with van der Waals surface area (Å²) in [6.45, 7) is 1.86. The summed E-state index contributed by atoms with van der Waals surface area (Å²) in [6, 6.07) is 16.6. The monoisotopic (exact) mass is 425 g/mol. The normalized spacial score (nSPS) is 10.4. The van der Waals surface area contributed by atoms with Crippen LogP contribution in [-0.4, -0.2) is 30.0 Å². The first-order valence-electron chi connectivity index (χ1n) is 8.38. The zero-order valence-electron chi connectivity index (χ0n) is 15.3. The van der Waals surface area contributed by atoms with Gasteiger partial charge in [0, 0.05) is 41.6 Å². The number of nitrogens with one attached hydrogen (secondary N) is 2. The lowest BCUT2D eigenvalue weighted by molar-refractivity contribution is 0.102. The van der Waals surface area contributed by atoms with Gasteiger partial charge in [-0.2, -0.15) is 0 Å². The van der Waals surface area contributed by atoms with E-state index in [0.717, 1.165) is 27.5 Å². The van der Waals surface area contributed by atoms with Gasteiger partial charge in [0.2, 0.25) is 0 Å². The summed E-state index contributed by atoms with van der Waals surface area (Å²) in [4.78, 5) is 23.0. The Kier molecular flexibility index (Phi) is 5.71. The van der Waals surface area contributed by atoms with Crippen molar-refractivity contribution in [3.8, 4) is 0 Å². The third-order valence-corrected chi connectivity index (χ3v) is 4.33. The number of nitrogens with zero attached hydrogens (tertiary/aromatic N) is 3. The lowest BCUT2D eigenvalue weighted by Crippen LogP contribution is -2.12. The molecule has 0 fully saturated rings. The van der Waals surface area contributed by atoms with Crippen LogP contribution in [0.1, 0.15) is 16.2 Å². The Morgan fingerprint density at radius 3 is 2.22 bits per heavy atom. The molecule has 0 aliphatic rings. The van der Waals surface area contributed by atoms with Crippen molar-refractivity contribution >= 4 is 44.8 Å². The molecule has 2 aromatic carbocycles. The Labute approximate surface area is 166 Å². The van der Waals surface area contributed by atoms with Crippen molar-refractivity contribution in [2.45, 2.75) is 6.92 Å². The first-order chi connectivity index (χ1) is 12.9. The zero-order valence-corrected chi connectivity index (χ0v) is 16.9. The number of aromatic nitrogens is 2. The largest absolute Gasteiger partial charge is 0.363 e. The van der Waals surface area contributed by atoms with Gasteiger partial charge in [-0.25, -0.2) is 9.97 Å². The molecule has 0 saturated heterocycles. The van der Waals surface area contributed by atoms with Gasteiger partial charge < -0.3 is 15.5 Å². The van der Waals surface area contributed by atoms with E-state index in [0.29, 0.717) is 11.4 Å². The molecular formula is C20H20BrN5O. The summed E-state index contributed by atoms with van der Waals surface area (Å²) >= 11 is 3.36. The van der Waals surface area contributed by atoms with Gasteiger partial charge in [-0.1, -0.05) is 15.9 Å². The molecule has 0 bridgehead atoms. The van der Waals surface area contributed by atoms with Crippen LogP contribution < -0.4 is 15.5 Å². The summed E-state index contributed by atoms with van der Waals surface area (Å²) in [6.07, 6.45) is 0. The van der Waals surface area contributed by atoms with E-state index in [2.05, 4.69) is 36.5 Å². The second-order valence-corrected chi connectivity index (χ2v) is 7.13. The maximum Gasteiger partial charge on any atom is 0.255 e. The smallest absolute Gasteiger partial charge is 0.255 e. The standard InChI is InChI=1S/C20H20BrN5O/c1-13-22-18(12-19(23-13)26(2)3)24-16-8-10-17(11-9-16)25-20(27)14-4-6-15(21)7-5-14/h4-12H,1-3H3,(H,25,27)(H,22,23,24). The number of benzene rings is 2. The number of hydrogen-bond acceptors (Lipinski definition) is 5. The lowest BCUT2D eigenvalue weighted by atomic mass is 10.2. The minimum atomic E-state index is -0.148. The van der Waals surface area contributed by atoms with Gasteiger partial charge in [-0.15, -0.1) is 0 Å². The van der Waals surface area contributed by atoms with Crippen LogP contribution in [0.4, 0.5) is 23.0 Å². The highest BCUT2D eigenvalue weighted by Crippen LogP contribution is 2.21. The van der Waals surface area contributed by atoms with Crippen LogP contribution in [0.5, 0.6) is 0 Å². The molecular weight excluding hydrogens is 406 g/mol. The van der Waals surface area contributed by atoms with Crippen LogP contribution in [0.25, 0.3) is 0 Å². The van der Waals surface area contributed by atoms with Gasteiger partial charge in [0.15, 0.2) is 0 Å². The van der Waals surface area contributed by atoms with E-state index in [9.17, 15) is 4.79 Å². The predicted octanol–water partition coefficient (Wildman–Crippen LogP) is 4.61. The Morgan fingerprint density at radius 2 is 1.59 bits per heavy atom. The molecule has 27 heavy (non-hydrogen) atoms. The average molecular weight is 426 g/mol. The van der Waals surface area contributed by atoms with E-state index >= 15 is 0 Å². The number of rotatable bonds is 5. The van der Waals surface area contributed by atoms with Crippen LogP contribution in [0, 0.1) is 6.92 Å². The highest BCUT2D eigenvalue weighted by atomic mass is 79.9. The molecule has 7 heteroatoms. The van der Waals surface area contributed by atoms with Crippen LogP contribution in [0.2, 0.25) is 0 Å². The molecule has 0 spiro atoms. The van der Waals surface area contributed by atoms with E-state index in [1.807, 2.05) is 68.4 Å². The SMILES string of the molecule is Cc1nc(Nc2ccc(NC(=O)c3ccc(Br)cc3)cc2)cc(N(C)C)n1. The summed E-state index contributed by atoms with van der Waals surface area (Å²) in [5.41, 5.74) is 2.20. The maximum absolute atomic E-state index is 12.3. The fourth-order valence-electron chi connectivity index (χ4n) is 2.43. The number of anilines is 4. The molecule has 0 aliphatic carbocycles. The molecule has 3 rings (SSSR count). The second kappa shape index (κ2) is 8.18. The first-order valence-corrected chi connectivity index (χ1v) is 9.17. The second-order valence-electron chi connectivity index (χ2n) is 6.22. The third kappa shape index (κ3) is 5.04. The number of amides is 1. The van der Waals surface area contributed by atoms with Crippen LogP contribution in [-0.2, 0) is 0 Å².